The third-order valence-corrected chi connectivity index (χ3v) is 3.22. The maximum Gasteiger partial charge on any atom is 0.306 e. The Morgan fingerprint density at radius 2 is 2.05 bits per heavy atom. The number of nitrogens with zero attached hydrogens (tertiary/aromatic N) is 1. The SMILES string of the molecule is CSc1nc(C)c(CCC(=O)OCC(C)(C)C)c(=O)[nH]1. The van der Waals surface area contributed by atoms with E-state index in [1.165, 1.54) is 11.8 Å². The van der Waals surface area contributed by atoms with Gasteiger partial charge in [-0.25, -0.2) is 4.98 Å². The van der Waals surface area contributed by atoms with E-state index in [1.807, 2.05) is 27.0 Å². The van der Waals surface area contributed by atoms with Crippen LogP contribution >= 0.6 is 11.8 Å². The van der Waals surface area contributed by atoms with E-state index in [0.29, 0.717) is 29.4 Å². The quantitative estimate of drug-likeness (QED) is 0.513. The van der Waals surface area contributed by atoms with Gasteiger partial charge in [-0.3, -0.25) is 9.59 Å². The van der Waals surface area contributed by atoms with Crippen LogP contribution in [0, 0.1) is 12.3 Å². The molecule has 0 amide bonds. The summed E-state index contributed by atoms with van der Waals surface area (Å²) in [5.74, 6) is -0.285. The number of hydrogen-bond acceptors (Lipinski definition) is 5. The van der Waals surface area contributed by atoms with E-state index in [9.17, 15) is 9.59 Å². The molecule has 1 heterocycles. The molecular formula is C14H22N2O3S. The number of ether oxygens (including phenoxy) is 1. The average Bonchev–Trinajstić information content (AvgIpc) is 2.34. The minimum atomic E-state index is -0.285. The number of thioether (sulfide) groups is 1. The Labute approximate surface area is 123 Å². The van der Waals surface area contributed by atoms with Crippen molar-refractivity contribution in [3.8, 4) is 0 Å². The van der Waals surface area contributed by atoms with Crippen LogP contribution in [-0.2, 0) is 16.0 Å². The number of carbonyl (C=O) groups is 1. The molecule has 0 radical (unpaired) electrons. The Bertz CT molecular complexity index is 532. The fourth-order valence-corrected chi connectivity index (χ4v) is 1.99. The van der Waals surface area contributed by atoms with Gasteiger partial charge in [0.1, 0.15) is 0 Å². The Hall–Kier alpha value is -1.30. The lowest BCUT2D eigenvalue weighted by molar-refractivity contribution is -0.146. The Morgan fingerprint density at radius 1 is 1.40 bits per heavy atom. The van der Waals surface area contributed by atoms with Gasteiger partial charge in [-0.15, -0.1) is 0 Å². The van der Waals surface area contributed by atoms with Crippen LogP contribution in [0.2, 0.25) is 0 Å². The van der Waals surface area contributed by atoms with Crippen LogP contribution in [0.25, 0.3) is 0 Å². The summed E-state index contributed by atoms with van der Waals surface area (Å²) in [7, 11) is 0. The molecule has 0 aliphatic carbocycles. The molecule has 0 spiro atoms. The number of aryl methyl sites for hydroxylation is 1. The number of rotatable bonds is 5. The molecule has 0 saturated heterocycles. The van der Waals surface area contributed by atoms with Crippen molar-refractivity contribution in [2.75, 3.05) is 12.9 Å². The van der Waals surface area contributed by atoms with Crippen molar-refractivity contribution in [1.82, 2.24) is 9.97 Å². The van der Waals surface area contributed by atoms with Gasteiger partial charge in [0.05, 0.1) is 6.61 Å². The zero-order chi connectivity index (χ0) is 15.3. The van der Waals surface area contributed by atoms with Gasteiger partial charge in [-0.1, -0.05) is 32.5 Å². The van der Waals surface area contributed by atoms with Crippen LogP contribution in [0.15, 0.2) is 9.95 Å². The first-order valence-electron chi connectivity index (χ1n) is 6.52. The monoisotopic (exact) mass is 298 g/mol. The van der Waals surface area contributed by atoms with E-state index >= 15 is 0 Å². The van der Waals surface area contributed by atoms with Crippen molar-refractivity contribution in [2.45, 2.75) is 45.7 Å². The summed E-state index contributed by atoms with van der Waals surface area (Å²) in [5.41, 5.74) is 0.993. The minimum absolute atomic E-state index is 0.0510. The van der Waals surface area contributed by atoms with Crippen LogP contribution in [-0.4, -0.2) is 28.8 Å². The smallest absolute Gasteiger partial charge is 0.306 e. The standard InChI is InChI=1S/C14H22N2O3S/c1-9-10(12(18)16-13(15-9)20-5)6-7-11(17)19-8-14(2,3)4/h6-8H2,1-5H3,(H,15,16,18). The van der Waals surface area contributed by atoms with Gasteiger partial charge in [0.25, 0.3) is 5.56 Å². The minimum Gasteiger partial charge on any atom is -0.465 e. The Morgan fingerprint density at radius 3 is 2.55 bits per heavy atom. The van der Waals surface area contributed by atoms with Crippen molar-refractivity contribution in [2.24, 2.45) is 5.41 Å². The van der Waals surface area contributed by atoms with Gasteiger partial charge >= 0.3 is 5.97 Å². The largest absolute Gasteiger partial charge is 0.465 e. The first kappa shape index (κ1) is 16.8. The van der Waals surface area contributed by atoms with Crippen molar-refractivity contribution in [3.05, 3.63) is 21.6 Å². The Kier molecular flexibility index (Phi) is 5.80. The van der Waals surface area contributed by atoms with Gasteiger partial charge < -0.3 is 9.72 Å². The van der Waals surface area contributed by atoms with Gasteiger partial charge in [0, 0.05) is 17.7 Å². The fourth-order valence-electron chi connectivity index (χ4n) is 1.57. The van der Waals surface area contributed by atoms with E-state index in [2.05, 4.69) is 9.97 Å². The van der Waals surface area contributed by atoms with Crippen LogP contribution < -0.4 is 5.56 Å². The van der Waals surface area contributed by atoms with Crippen LogP contribution in [0.1, 0.15) is 38.4 Å². The van der Waals surface area contributed by atoms with Crippen molar-refractivity contribution in [1.29, 1.82) is 0 Å². The van der Waals surface area contributed by atoms with Gasteiger partial charge in [0.2, 0.25) is 0 Å². The van der Waals surface area contributed by atoms with Crippen molar-refractivity contribution < 1.29 is 9.53 Å². The second kappa shape index (κ2) is 6.92. The van der Waals surface area contributed by atoms with Crippen LogP contribution in [0.4, 0.5) is 0 Å². The number of nitrogens with one attached hydrogen (secondary N) is 1. The first-order chi connectivity index (χ1) is 9.23. The van der Waals surface area contributed by atoms with E-state index < -0.39 is 0 Å². The zero-order valence-corrected chi connectivity index (χ0v) is 13.5. The summed E-state index contributed by atoms with van der Waals surface area (Å²) < 4.78 is 5.18. The van der Waals surface area contributed by atoms with Crippen LogP contribution in [0.5, 0.6) is 0 Å². The summed E-state index contributed by atoms with van der Waals surface area (Å²) in [6, 6.07) is 0. The maximum atomic E-state index is 11.9. The molecule has 1 rings (SSSR count). The number of carbonyl (C=O) groups excluding carboxylic acids is 1. The molecule has 0 atom stereocenters. The van der Waals surface area contributed by atoms with E-state index in [4.69, 9.17) is 4.74 Å². The summed E-state index contributed by atoms with van der Waals surface area (Å²) in [6.07, 6.45) is 2.40. The third-order valence-electron chi connectivity index (χ3n) is 2.64. The lowest BCUT2D eigenvalue weighted by Crippen LogP contribution is -2.21. The third kappa shape index (κ3) is 5.36. The van der Waals surface area contributed by atoms with Gasteiger partial charge in [0.15, 0.2) is 5.16 Å². The van der Waals surface area contributed by atoms with Crippen molar-refractivity contribution in [3.63, 3.8) is 0 Å². The molecule has 0 aromatic carbocycles. The molecule has 0 unspecified atom stereocenters. The second-order valence-corrected chi connectivity index (χ2v) is 6.66. The number of esters is 1. The summed E-state index contributed by atoms with van der Waals surface area (Å²) in [6.45, 7) is 8.16. The van der Waals surface area contributed by atoms with Crippen LogP contribution in [0.3, 0.4) is 0 Å². The fraction of sp³-hybridized carbons (Fsp3) is 0.643. The normalized spacial score (nSPS) is 11.4. The summed E-state index contributed by atoms with van der Waals surface area (Å²) >= 11 is 1.38. The lowest BCUT2D eigenvalue weighted by Gasteiger charge is -2.17. The molecule has 0 aliphatic heterocycles. The molecule has 0 fully saturated rings. The molecule has 5 nitrogen and oxygen atoms in total. The van der Waals surface area contributed by atoms with Gasteiger partial charge in [-0.2, -0.15) is 0 Å². The highest BCUT2D eigenvalue weighted by Crippen LogP contribution is 2.14. The summed E-state index contributed by atoms with van der Waals surface area (Å²) in [4.78, 5) is 30.5. The first-order valence-corrected chi connectivity index (χ1v) is 7.75. The van der Waals surface area contributed by atoms with E-state index in [-0.39, 0.29) is 23.4 Å². The molecular weight excluding hydrogens is 276 g/mol. The number of H-pyrrole nitrogens is 1. The molecule has 0 bridgehead atoms. The summed E-state index contributed by atoms with van der Waals surface area (Å²) in [5, 5.41) is 0.589. The topological polar surface area (TPSA) is 72.0 Å². The highest BCUT2D eigenvalue weighted by Gasteiger charge is 2.15. The highest BCUT2D eigenvalue weighted by molar-refractivity contribution is 7.98. The number of hydrogen-bond donors (Lipinski definition) is 1. The highest BCUT2D eigenvalue weighted by atomic mass is 32.2. The molecule has 112 valence electrons. The molecule has 1 N–H and O–H groups in total. The maximum absolute atomic E-state index is 11.9. The molecule has 6 heteroatoms. The predicted octanol–water partition coefficient (Wildman–Crippen LogP) is 2.32. The Balaban J connectivity index is 2.62. The average molecular weight is 298 g/mol. The predicted molar refractivity (Wildman–Crippen MR) is 80.1 cm³/mol. The molecule has 1 aromatic rings. The molecule has 20 heavy (non-hydrogen) atoms. The zero-order valence-electron chi connectivity index (χ0n) is 12.7. The van der Waals surface area contributed by atoms with Crippen molar-refractivity contribution >= 4 is 17.7 Å². The molecule has 0 aliphatic rings. The lowest BCUT2D eigenvalue weighted by atomic mass is 9.99. The number of aromatic amines is 1. The second-order valence-electron chi connectivity index (χ2n) is 5.86. The molecule has 1 aromatic heterocycles. The molecule has 0 saturated carbocycles. The van der Waals surface area contributed by atoms with E-state index in [0.717, 1.165) is 0 Å². The number of aromatic nitrogens is 2. The van der Waals surface area contributed by atoms with E-state index in [1.54, 1.807) is 6.92 Å². The van der Waals surface area contributed by atoms with Gasteiger partial charge in [-0.05, 0) is 25.0 Å².